The number of aryl methyl sites for hydroxylation is 1. The lowest BCUT2D eigenvalue weighted by Crippen LogP contribution is -2.60. The van der Waals surface area contributed by atoms with Crippen molar-refractivity contribution in [2.45, 2.75) is 50.5 Å². The van der Waals surface area contributed by atoms with E-state index in [1.165, 1.54) is 10.8 Å². The normalized spacial score (nSPS) is 25.4. The van der Waals surface area contributed by atoms with Crippen LogP contribution in [0.15, 0.2) is 76.4 Å². The first kappa shape index (κ1) is 23.2. The van der Waals surface area contributed by atoms with E-state index in [4.69, 9.17) is 14.2 Å². The van der Waals surface area contributed by atoms with E-state index in [9.17, 15) is 14.4 Å². The summed E-state index contributed by atoms with van der Waals surface area (Å²) in [5.74, 6) is -0.213. The first-order chi connectivity index (χ1) is 16.9. The van der Waals surface area contributed by atoms with Gasteiger partial charge in [-0.05, 0) is 18.1 Å². The smallest absolute Gasteiger partial charge is 0.330 e. The fourth-order valence-electron chi connectivity index (χ4n) is 4.76. The maximum Gasteiger partial charge on any atom is 0.330 e. The highest BCUT2D eigenvalue weighted by molar-refractivity contribution is 5.79. The molecule has 9 heteroatoms. The summed E-state index contributed by atoms with van der Waals surface area (Å²) in [7, 11) is 0. The van der Waals surface area contributed by atoms with E-state index in [0.29, 0.717) is 18.8 Å². The Morgan fingerprint density at radius 2 is 1.66 bits per heavy atom. The number of H-pyrrole nitrogens is 1. The van der Waals surface area contributed by atoms with Crippen LogP contribution in [0.25, 0.3) is 0 Å². The van der Waals surface area contributed by atoms with E-state index >= 15 is 0 Å². The van der Waals surface area contributed by atoms with Gasteiger partial charge in [0.15, 0.2) is 6.23 Å². The first-order valence-corrected chi connectivity index (χ1v) is 11.5. The third-order valence-corrected chi connectivity index (χ3v) is 6.45. The molecule has 1 amide bonds. The predicted octanol–water partition coefficient (Wildman–Crippen LogP) is 1.80. The number of hydrogen-bond acceptors (Lipinski definition) is 6. The standard InChI is InChI=1S/C26H27N3O6/c1-17-13-29(25(32)28-23(17)31)24-21-22(34-15-19-10-6-3-7-11-19)26(35-24,12-20(30)27-21)16-33-14-18-8-4-2-5-9-18/h2-11,13,21-22,24H,12,14-16H2,1H3,(H,27,30)(H,28,31,32)/t21?,22?,24-,26-/m1/s1. The number of nitrogens with zero attached hydrogens (tertiary/aromatic N) is 1. The number of piperidine rings is 1. The first-order valence-electron chi connectivity index (χ1n) is 11.5. The number of hydrogen-bond donors (Lipinski definition) is 2. The molecule has 0 aliphatic carbocycles. The third-order valence-electron chi connectivity index (χ3n) is 6.45. The second kappa shape index (κ2) is 9.61. The van der Waals surface area contributed by atoms with Crippen molar-refractivity contribution < 1.29 is 19.0 Å². The number of benzene rings is 2. The molecule has 1 aromatic heterocycles. The number of aromatic amines is 1. The van der Waals surface area contributed by atoms with Gasteiger partial charge >= 0.3 is 5.69 Å². The number of carbonyl (C=O) groups excluding carboxylic acids is 1. The second-order valence-corrected chi connectivity index (χ2v) is 9.02. The van der Waals surface area contributed by atoms with Gasteiger partial charge in [-0.3, -0.25) is 19.1 Å². The molecule has 3 aromatic rings. The maximum atomic E-state index is 12.7. The Hall–Kier alpha value is -3.53. The Morgan fingerprint density at radius 1 is 1.00 bits per heavy atom. The summed E-state index contributed by atoms with van der Waals surface area (Å²) in [5.41, 5.74) is 0.132. The molecule has 2 N–H and O–H groups in total. The van der Waals surface area contributed by atoms with Gasteiger partial charge in [0.25, 0.3) is 5.56 Å². The van der Waals surface area contributed by atoms with Crippen LogP contribution in [-0.2, 0) is 32.2 Å². The molecule has 0 spiro atoms. The summed E-state index contributed by atoms with van der Waals surface area (Å²) in [6, 6.07) is 18.7. The number of fused-ring (bicyclic) bond motifs is 2. The molecule has 3 heterocycles. The third kappa shape index (κ3) is 4.70. The molecule has 2 aromatic carbocycles. The minimum atomic E-state index is -1.11. The summed E-state index contributed by atoms with van der Waals surface area (Å²) >= 11 is 0. The molecule has 2 saturated heterocycles. The summed E-state index contributed by atoms with van der Waals surface area (Å²) < 4.78 is 20.1. The second-order valence-electron chi connectivity index (χ2n) is 9.02. The van der Waals surface area contributed by atoms with Crippen LogP contribution in [0.2, 0.25) is 0 Å². The largest absolute Gasteiger partial charge is 0.374 e. The van der Waals surface area contributed by atoms with Crippen molar-refractivity contribution in [3.63, 3.8) is 0 Å². The van der Waals surface area contributed by atoms with E-state index in [-0.39, 0.29) is 18.9 Å². The molecule has 2 bridgehead atoms. The van der Waals surface area contributed by atoms with Crippen molar-refractivity contribution >= 4 is 5.91 Å². The van der Waals surface area contributed by atoms with Crippen LogP contribution in [0, 0.1) is 6.92 Å². The van der Waals surface area contributed by atoms with Crippen molar-refractivity contribution in [3.05, 3.63) is 104 Å². The number of carbonyl (C=O) groups is 1. The highest BCUT2D eigenvalue weighted by atomic mass is 16.6. The maximum absolute atomic E-state index is 12.7. The average molecular weight is 478 g/mol. The number of aromatic nitrogens is 2. The molecule has 2 aliphatic heterocycles. The van der Waals surface area contributed by atoms with Crippen LogP contribution >= 0.6 is 0 Å². The molecule has 0 radical (unpaired) electrons. The van der Waals surface area contributed by atoms with Gasteiger partial charge in [-0.25, -0.2) is 4.79 Å². The van der Waals surface area contributed by atoms with Crippen LogP contribution < -0.4 is 16.6 Å². The van der Waals surface area contributed by atoms with Crippen LogP contribution in [-0.4, -0.2) is 39.8 Å². The van der Waals surface area contributed by atoms with Gasteiger partial charge in [-0.1, -0.05) is 60.7 Å². The van der Waals surface area contributed by atoms with Crippen molar-refractivity contribution in [2.75, 3.05) is 6.61 Å². The molecule has 182 valence electrons. The van der Waals surface area contributed by atoms with Gasteiger partial charge in [0.05, 0.1) is 26.2 Å². The van der Waals surface area contributed by atoms with Crippen molar-refractivity contribution in [3.8, 4) is 0 Å². The number of rotatable bonds is 8. The molecule has 9 nitrogen and oxygen atoms in total. The predicted molar refractivity (Wildman–Crippen MR) is 127 cm³/mol. The Balaban J connectivity index is 1.46. The summed E-state index contributed by atoms with van der Waals surface area (Å²) in [6.07, 6.45) is 0.0162. The van der Waals surface area contributed by atoms with Crippen LogP contribution in [0.3, 0.4) is 0 Å². The van der Waals surface area contributed by atoms with Gasteiger partial charge < -0.3 is 19.5 Å². The Bertz CT molecular complexity index is 1310. The number of ether oxygens (including phenoxy) is 3. The molecule has 35 heavy (non-hydrogen) atoms. The molecular weight excluding hydrogens is 450 g/mol. The topological polar surface area (TPSA) is 112 Å². The van der Waals surface area contributed by atoms with E-state index < -0.39 is 35.2 Å². The Morgan fingerprint density at radius 3 is 2.34 bits per heavy atom. The molecular formula is C26H27N3O6. The molecule has 2 aliphatic rings. The Labute approximate surface area is 201 Å². The van der Waals surface area contributed by atoms with Gasteiger partial charge in [-0.15, -0.1) is 0 Å². The summed E-state index contributed by atoms with van der Waals surface area (Å²) in [5, 5.41) is 2.94. The SMILES string of the molecule is Cc1cn([C@@H]2O[C@@]3(COCc4ccccc4)CC(=O)NC2C3OCc2ccccc2)c(=O)[nH]c1=O. The molecule has 2 fully saturated rings. The van der Waals surface area contributed by atoms with E-state index in [0.717, 1.165) is 11.1 Å². The molecule has 0 saturated carbocycles. The van der Waals surface area contributed by atoms with Crippen molar-refractivity contribution in [2.24, 2.45) is 0 Å². The highest BCUT2D eigenvalue weighted by Crippen LogP contribution is 2.44. The lowest BCUT2D eigenvalue weighted by Gasteiger charge is -2.38. The van der Waals surface area contributed by atoms with Gasteiger partial charge in [0, 0.05) is 11.8 Å². The average Bonchev–Trinajstić information content (AvgIpc) is 3.04. The van der Waals surface area contributed by atoms with Gasteiger partial charge in [0.1, 0.15) is 17.7 Å². The summed E-state index contributed by atoms with van der Waals surface area (Å²) in [4.78, 5) is 39.6. The quantitative estimate of drug-likeness (QED) is 0.512. The number of nitrogens with one attached hydrogen (secondary N) is 2. The zero-order chi connectivity index (χ0) is 24.4. The fourth-order valence-corrected chi connectivity index (χ4v) is 4.76. The monoisotopic (exact) mass is 477 g/mol. The Kier molecular flexibility index (Phi) is 6.38. The van der Waals surface area contributed by atoms with Gasteiger partial charge in [0.2, 0.25) is 5.91 Å². The molecule has 4 atom stereocenters. The number of amides is 1. The minimum absolute atomic E-state index is 0.0192. The molecule has 5 rings (SSSR count). The van der Waals surface area contributed by atoms with E-state index in [1.807, 2.05) is 60.7 Å². The van der Waals surface area contributed by atoms with E-state index in [2.05, 4.69) is 10.3 Å². The van der Waals surface area contributed by atoms with Crippen LogP contribution in [0.4, 0.5) is 0 Å². The van der Waals surface area contributed by atoms with Crippen LogP contribution in [0.5, 0.6) is 0 Å². The minimum Gasteiger partial charge on any atom is -0.374 e. The van der Waals surface area contributed by atoms with Crippen molar-refractivity contribution in [1.82, 2.24) is 14.9 Å². The molecule has 2 unspecified atom stereocenters. The lowest BCUT2D eigenvalue weighted by atomic mass is 9.87. The van der Waals surface area contributed by atoms with E-state index in [1.54, 1.807) is 6.92 Å². The van der Waals surface area contributed by atoms with Gasteiger partial charge in [-0.2, -0.15) is 0 Å². The highest BCUT2D eigenvalue weighted by Gasteiger charge is 2.61. The summed E-state index contributed by atoms with van der Waals surface area (Å²) in [6.45, 7) is 2.34. The van der Waals surface area contributed by atoms with Crippen LogP contribution in [0.1, 0.15) is 29.3 Å². The zero-order valence-corrected chi connectivity index (χ0v) is 19.3. The lowest BCUT2D eigenvalue weighted by molar-refractivity contribution is -0.169. The van der Waals surface area contributed by atoms with Crippen molar-refractivity contribution in [1.29, 1.82) is 0 Å². The fraction of sp³-hybridized carbons (Fsp3) is 0.346. The zero-order valence-electron chi connectivity index (χ0n) is 19.3.